The highest BCUT2D eigenvalue weighted by Crippen LogP contribution is 2.23. The SMILES string of the molecule is CCN1CCC[C@@H]1CN1C[C@@H](C(=O)NCc2cnn(C)c2C)CC1=O. The number of nitrogens with zero attached hydrogens (tertiary/aromatic N) is 4. The summed E-state index contributed by atoms with van der Waals surface area (Å²) in [6.45, 7) is 8.08. The van der Waals surface area contributed by atoms with Crippen molar-refractivity contribution in [1.82, 2.24) is 24.9 Å². The van der Waals surface area contributed by atoms with Crippen molar-refractivity contribution in [1.29, 1.82) is 0 Å². The lowest BCUT2D eigenvalue weighted by Gasteiger charge is -2.27. The Morgan fingerprint density at radius 2 is 2.24 bits per heavy atom. The first-order valence-corrected chi connectivity index (χ1v) is 9.26. The number of hydrogen-bond donors (Lipinski definition) is 1. The Morgan fingerprint density at radius 3 is 2.92 bits per heavy atom. The van der Waals surface area contributed by atoms with Crippen LogP contribution in [0.4, 0.5) is 0 Å². The van der Waals surface area contributed by atoms with E-state index in [-0.39, 0.29) is 17.7 Å². The first-order valence-electron chi connectivity index (χ1n) is 9.26. The molecule has 138 valence electrons. The second-order valence-corrected chi connectivity index (χ2v) is 7.22. The second-order valence-electron chi connectivity index (χ2n) is 7.22. The van der Waals surface area contributed by atoms with E-state index in [0.29, 0.717) is 25.6 Å². The maximum Gasteiger partial charge on any atom is 0.225 e. The third-order valence-corrected chi connectivity index (χ3v) is 5.71. The third kappa shape index (κ3) is 3.86. The van der Waals surface area contributed by atoms with Gasteiger partial charge in [0.1, 0.15) is 0 Å². The molecular weight excluding hydrogens is 318 g/mol. The summed E-state index contributed by atoms with van der Waals surface area (Å²) in [4.78, 5) is 29.1. The number of aromatic nitrogens is 2. The van der Waals surface area contributed by atoms with Gasteiger partial charge in [0, 0.05) is 50.4 Å². The summed E-state index contributed by atoms with van der Waals surface area (Å²) in [5.74, 6) is -0.153. The molecule has 7 nitrogen and oxygen atoms in total. The lowest BCUT2D eigenvalue weighted by molar-refractivity contribution is -0.129. The molecule has 2 atom stereocenters. The van der Waals surface area contributed by atoms with E-state index in [9.17, 15) is 9.59 Å². The maximum atomic E-state index is 12.5. The molecular formula is C18H29N5O2. The van der Waals surface area contributed by atoms with Crippen LogP contribution in [0.25, 0.3) is 0 Å². The first-order chi connectivity index (χ1) is 12.0. The van der Waals surface area contributed by atoms with Gasteiger partial charge in [0.2, 0.25) is 11.8 Å². The normalized spacial score (nSPS) is 24.3. The molecule has 1 N–H and O–H groups in total. The number of hydrogen-bond acceptors (Lipinski definition) is 4. The minimum absolute atomic E-state index is 0.0297. The maximum absolute atomic E-state index is 12.5. The van der Waals surface area contributed by atoms with E-state index in [1.807, 2.05) is 18.9 Å². The molecule has 2 saturated heterocycles. The van der Waals surface area contributed by atoms with E-state index in [1.54, 1.807) is 10.9 Å². The van der Waals surface area contributed by atoms with Gasteiger partial charge in [-0.2, -0.15) is 5.10 Å². The quantitative estimate of drug-likeness (QED) is 0.821. The molecule has 25 heavy (non-hydrogen) atoms. The van der Waals surface area contributed by atoms with Gasteiger partial charge in [-0.25, -0.2) is 0 Å². The van der Waals surface area contributed by atoms with Crippen LogP contribution in [-0.4, -0.2) is 63.6 Å². The third-order valence-electron chi connectivity index (χ3n) is 5.71. The molecule has 7 heteroatoms. The molecule has 2 aliphatic heterocycles. The van der Waals surface area contributed by atoms with Crippen LogP contribution in [0.1, 0.15) is 37.4 Å². The predicted octanol–water partition coefficient (Wildman–Crippen LogP) is 0.678. The van der Waals surface area contributed by atoms with Crippen molar-refractivity contribution in [2.75, 3.05) is 26.2 Å². The number of rotatable bonds is 6. The molecule has 0 aromatic carbocycles. The van der Waals surface area contributed by atoms with E-state index in [4.69, 9.17) is 0 Å². The molecule has 0 spiro atoms. The molecule has 0 aliphatic carbocycles. The van der Waals surface area contributed by atoms with Crippen molar-refractivity contribution in [2.24, 2.45) is 13.0 Å². The Bertz CT molecular complexity index is 641. The molecule has 1 aromatic heterocycles. The zero-order chi connectivity index (χ0) is 18.0. The fraction of sp³-hybridized carbons (Fsp3) is 0.722. The van der Waals surface area contributed by atoms with Crippen LogP contribution in [0.2, 0.25) is 0 Å². The van der Waals surface area contributed by atoms with Gasteiger partial charge >= 0.3 is 0 Å². The Morgan fingerprint density at radius 1 is 1.44 bits per heavy atom. The van der Waals surface area contributed by atoms with Crippen molar-refractivity contribution in [3.63, 3.8) is 0 Å². The van der Waals surface area contributed by atoms with Crippen LogP contribution in [0.3, 0.4) is 0 Å². The van der Waals surface area contributed by atoms with Gasteiger partial charge in [0.15, 0.2) is 0 Å². The van der Waals surface area contributed by atoms with Crippen molar-refractivity contribution < 1.29 is 9.59 Å². The molecule has 1 aromatic rings. The van der Waals surface area contributed by atoms with Crippen molar-refractivity contribution in [3.8, 4) is 0 Å². The molecule has 3 heterocycles. The van der Waals surface area contributed by atoms with Gasteiger partial charge in [-0.15, -0.1) is 0 Å². The summed E-state index contributed by atoms with van der Waals surface area (Å²) in [6, 6.07) is 0.453. The van der Waals surface area contributed by atoms with Crippen LogP contribution < -0.4 is 5.32 Å². The van der Waals surface area contributed by atoms with Crippen molar-refractivity contribution >= 4 is 11.8 Å². The van der Waals surface area contributed by atoms with Crippen LogP contribution in [0, 0.1) is 12.8 Å². The van der Waals surface area contributed by atoms with Gasteiger partial charge in [-0.1, -0.05) is 6.92 Å². The Hall–Kier alpha value is -1.89. The fourth-order valence-corrected chi connectivity index (χ4v) is 3.94. The molecule has 2 amide bonds. The molecule has 2 fully saturated rings. The van der Waals surface area contributed by atoms with Gasteiger partial charge in [0.05, 0.1) is 12.1 Å². The van der Waals surface area contributed by atoms with Crippen molar-refractivity contribution in [2.45, 2.75) is 45.7 Å². The number of carbonyl (C=O) groups excluding carboxylic acids is 2. The Kier molecular flexibility index (Phi) is 5.42. The predicted molar refractivity (Wildman–Crippen MR) is 94.7 cm³/mol. The van der Waals surface area contributed by atoms with Gasteiger partial charge in [-0.3, -0.25) is 19.2 Å². The fourth-order valence-electron chi connectivity index (χ4n) is 3.94. The smallest absolute Gasteiger partial charge is 0.225 e. The molecule has 0 saturated carbocycles. The van der Waals surface area contributed by atoms with Gasteiger partial charge in [-0.05, 0) is 32.9 Å². The van der Waals surface area contributed by atoms with Gasteiger partial charge in [0.25, 0.3) is 0 Å². The van der Waals surface area contributed by atoms with E-state index in [1.165, 1.54) is 6.42 Å². The highest BCUT2D eigenvalue weighted by Gasteiger charge is 2.36. The van der Waals surface area contributed by atoms with Crippen molar-refractivity contribution in [3.05, 3.63) is 17.5 Å². The summed E-state index contributed by atoms with van der Waals surface area (Å²) >= 11 is 0. The molecule has 0 radical (unpaired) electrons. The molecule has 0 unspecified atom stereocenters. The largest absolute Gasteiger partial charge is 0.352 e. The molecule has 3 rings (SSSR count). The number of carbonyl (C=O) groups is 2. The number of likely N-dealkylation sites (tertiary alicyclic amines) is 2. The van der Waals surface area contributed by atoms with Crippen LogP contribution >= 0.6 is 0 Å². The van der Waals surface area contributed by atoms with Crippen LogP contribution in [-0.2, 0) is 23.2 Å². The molecule has 2 aliphatic rings. The summed E-state index contributed by atoms with van der Waals surface area (Å²) < 4.78 is 1.80. The number of nitrogens with one attached hydrogen (secondary N) is 1. The van der Waals surface area contributed by atoms with E-state index >= 15 is 0 Å². The lowest BCUT2D eigenvalue weighted by Crippen LogP contribution is -2.41. The van der Waals surface area contributed by atoms with E-state index in [0.717, 1.165) is 37.3 Å². The monoisotopic (exact) mass is 347 g/mol. The lowest BCUT2D eigenvalue weighted by atomic mass is 10.1. The highest BCUT2D eigenvalue weighted by atomic mass is 16.2. The number of amides is 2. The summed E-state index contributed by atoms with van der Waals surface area (Å²) in [7, 11) is 1.89. The minimum atomic E-state index is -0.235. The molecule has 0 bridgehead atoms. The summed E-state index contributed by atoms with van der Waals surface area (Å²) in [5, 5.41) is 7.15. The second kappa shape index (κ2) is 7.56. The Labute approximate surface area is 149 Å². The zero-order valence-corrected chi connectivity index (χ0v) is 15.5. The first kappa shape index (κ1) is 17.9. The van der Waals surface area contributed by atoms with Crippen LogP contribution in [0.5, 0.6) is 0 Å². The standard InChI is InChI=1S/C18H29N5O2/c1-4-22-7-5-6-16(22)12-23-11-14(8-17(23)24)18(25)19-9-15-10-20-21(3)13(15)2/h10,14,16H,4-9,11-12H2,1-3H3,(H,19,25)/t14-,16+/m0/s1. The summed E-state index contributed by atoms with van der Waals surface area (Å²) in [5.41, 5.74) is 2.06. The van der Waals surface area contributed by atoms with E-state index in [2.05, 4.69) is 22.2 Å². The number of likely N-dealkylation sites (N-methyl/N-ethyl adjacent to an activating group) is 1. The Balaban J connectivity index is 1.51. The topological polar surface area (TPSA) is 70.5 Å². The van der Waals surface area contributed by atoms with E-state index < -0.39 is 0 Å². The highest BCUT2D eigenvalue weighted by molar-refractivity contribution is 5.89. The number of aryl methyl sites for hydroxylation is 1. The average molecular weight is 347 g/mol. The minimum Gasteiger partial charge on any atom is -0.352 e. The zero-order valence-electron chi connectivity index (χ0n) is 15.5. The van der Waals surface area contributed by atoms with Gasteiger partial charge < -0.3 is 10.2 Å². The summed E-state index contributed by atoms with van der Waals surface area (Å²) in [6.07, 6.45) is 4.46. The average Bonchev–Trinajstić information content (AvgIpc) is 3.28. The van der Waals surface area contributed by atoms with Crippen LogP contribution in [0.15, 0.2) is 6.20 Å².